The normalized spacial score (nSPS) is 20.1. The Hall–Kier alpha value is -0.890. The van der Waals surface area contributed by atoms with Crippen LogP contribution in [0.15, 0.2) is 24.3 Å². The predicted octanol–water partition coefficient (Wildman–Crippen LogP) is 3.20. The highest BCUT2D eigenvalue weighted by atomic mass is 19.1. The molecule has 0 saturated heterocycles. The highest BCUT2D eigenvalue weighted by Gasteiger charge is 2.31. The van der Waals surface area contributed by atoms with Crippen molar-refractivity contribution in [2.24, 2.45) is 0 Å². The van der Waals surface area contributed by atoms with E-state index in [4.69, 9.17) is 0 Å². The number of nitrogens with one attached hydrogen (secondary N) is 1. The molecule has 1 saturated carbocycles. The van der Waals surface area contributed by atoms with Crippen LogP contribution < -0.4 is 5.32 Å². The highest BCUT2D eigenvalue weighted by molar-refractivity contribution is 5.25. The summed E-state index contributed by atoms with van der Waals surface area (Å²) >= 11 is 0. The predicted molar refractivity (Wildman–Crippen MR) is 60.2 cm³/mol. The van der Waals surface area contributed by atoms with E-state index in [1.54, 1.807) is 12.1 Å². The van der Waals surface area contributed by atoms with Crippen LogP contribution in [0.4, 0.5) is 4.39 Å². The van der Waals surface area contributed by atoms with Crippen molar-refractivity contribution in [1.29, 1.82) is 0 Å². The van der Waals surface area contributed by atoms with E-state index in [2.05, 4.69) is 5.32 Å². The second kappa shape index (κ2) is 4.31. The second-order valence-corrected chi connectivity index (χ2v) is 4.40. The fourth-order valence-corrected chi connectivity index (χ4v) is 2.62. The minimum atomic E-state index is -0.132. The average Bonchev–Trinajstić information content (AvgIpc) is 2.30. The maximum Gasteiger partial charge on any atom is 0.123 e. The molecule has 1 aliphatic rings. The fourth-order valence-electron chi connectivity index (χ4n) is 2.62. The summed E-state index contributed by atoms with van der Waals surface area (Å²) in [6, 6.07) is 7.01. The third kappa shape index (κ3) is 2.05. The van der Waals surface area contributed by atoms with Gasteiger partial charge in [0.15, 0.2) is 0 Å². The zero-order valence-electron chi connectivity index (χ0n) is 9.22. The first-order chi connectivity index (χ1) is 7.27. The topological polar surface area (TPSA) is 12.0 Å². The van der Waals surface area contributed by atoms with Crippen molar-refractivity contribution in [3.05, 3.63) is 35.6 Å². The van der Waals surface area contributed by atoms with Gasteiger partial charge in [0.25, 0.3) is 0 Å². The van der Waals surface area contributed by atoms with Crippen LogP contribution in [-0.2, 0) is 5.54 Å². The van der Waals surface area contributed by atoms with Gasteiger partial charge >= 0.3 is 0 Å². The number of hydrogen-bond acceptors (Lipinski definition) is 1. The standard InChI is InChI=1S/C13H18FN/c1-15-13(8-3-2-4-9-13)11-6-5-7-12(14)10-11/h5-7,10,15H,2-4,8-9H2,1H3. The molecule has 2 rings (SSSR count). The molecule has 0 unspecified atom stereocenters. The molecule has 2 heteroatoms. The molecule has 1 N–H and O–H groups in total. The zero-order chi connectivity index (χ0) is 10.7. The molecule has 0 bridgehead atoms. The van der Waals surface area contributed by atoms with Gasteiger partial charge in [-0.3, -0.25) is 0 Å². The van der Waals surface area contributed by atoms with E-state index in [0.717, 1.165) is 18.4 Å². The van der Waals surface area contributed by atoms with Crippen molar-refractivity contribution in [3.63, 3.8) is 0 Å². The summed E-state index contributed by atoms with van der Waals surface area (Å²) in [6.07, 6.45) is 6.01. The van der Waals surface area contributed by atoms with E-state index in [9.17, 15) is 4.39 Å². The maximum absolute atomic E-state index is 13.2. The molecule has 15 heavy (non-hydrogen) atoms. The molecule has 1 aromatic rings. The lowest BCUT2D eigenvalue weighted by Gasteiger charge is -2.37. The molecule has 1 aliphatic carbocycles. The SMILES string of the molecule is CNC1(c2cccc(F)c2)CCCCC1. The van der Waals surface area contributed by atoms with Gasteiger partial charge in [0, 0.05) is 5.54 Å². The Morgan fingerprint density at radius 3 is 2.53 bits per heavy atom. The van der Waals surface area contributed by atoms with Crippen molar-refractivity contribution < 1.29 is 4.39 Å². The van der Waals surface area contributed by atoms with E-state index in [1.165, 1.54) is 25.3 Å². The Bertz CT molecular complexity index is 329. The van der Waals surface area contributed by atoms with Gasteiger partial charge in [-0.05, 0) is 37.6 Å². The van der Waals surface area contributed by atoms with E-state index in [-0.39, 0.29) is 11.4 Å². The smallest absolute Gasteiger partial charge is 0.123 e. The molecule has 0 aromatic heterocycles. The Balaban J connectivity index is 2.32. The lowest BCUT2D eigenvalue weighted by Crippen LogP contribution is -2.41. The van der Waals surface area contributed by atoms with Gasteiger partial charge in [0.1, 0.15) is 5.82 Å². The van der Waals surface area contributed by atoms with Gasteiger partial charge in [-0.15, -0.1) is 0 Å². The lowest BCUT2D eigenvalue weighted by atomic mass is 9.77. The van der Waals surface area contributed by atoms with Gasteiger partial charge in [-0.2, -0.15) is 0 Å². The van der Waals surface area contributed by atoms with Gasteiger partial charge in [-0.1, -0.05) is 31.4 Å². The number of hydrogen-bond donors (Lipinski definition) is 1. The van der Waals surface area contributed by atoms with Gasteiger partial charge in [-0.25, -0.2) is 4.39 Å². The number of halogens is 1. The molecule has 0 amide bonds. The molecule has 1 fully saturated rings. The second-order valence-electron chi connectivity index (χ2n) is 4.40. The van der Waals surface area contributed by atoms with Crippen LogP contribution in [-0.4, -0.2) is 7.05 Å². The van der Waals surface area contributed by atoms with Crippen molar-refractivity contribution >= 4 is 0 Å². The fraction of sp³-hybridized carbons (Fsp3) is 0.538. The molecular formula is C13H18FN. The van der Waals surface area contributed by atoms with Crippen LogP contribution in [0.2, 0.25) is 0 Å². The number of benzene rings is 1. The van der Waals surface area contributed by atoms with E-state index >= 15 is 0 Å². The quantitative estimate of drug-likeness (QED) is 0.785. The summed E-state index contributed by atoms with van der Waals surface area (Å²) < 4.78 is 13.2. The highest BCUT2D eigenvalue weighted by Crippen LogP contribution is 2.36. The van der Waals surface area contributed by atoms with Crippen LogP contribution in [0, 0.1) is 5.82 Å². The summed E-state index contributed by atoms with van der Waals surface area (Å²) in [5.41, 5.74) is 1.12. The Morgan fingerprint density at radius 2 is 1.93 bits per heavy atom. The first-order valence-corrected chi connectivity index (χ1v) is 5.72. The zero-order valence-corrected chi connectivity index (χ0v) is 9.22. The first kappa shape index (κ1) is 10.6. The van der Waals surface area contributed by atoms with Crippen LogP contribution in [0.1, 0.15) is 37.7 Å². The molecule has 0 atom stereocenters. The molecular weight excluding hydrogens is 189 g/mol. The van der Waals surface area contributed by atoms with E-state index in [0.29, 0.717) is 0 Å². The monoisotopic (exact) mass is 207 g/mol. The largest absolute Gasteiger partial charge is 0.310 e. The summed E-state index contributed by atoms with van der Waals surface area (Å²) in [5.74, 6) is -0.132. The summed E-state index contributed by atoms with van der Waals surface area (Å²) in [6.45, 7) is 0. The average molecular weight is 207 g/mol. The summed E-state index contributed by atoms with van der Waals surface area (Å²) in [7, 11) is 1.98. The van der Waals surface area contributed by atoms with Crippen LogP contribution >= 0.6 is 0 Å². The van der Waals surface area contributed by atoms with Crippen molar-refractivity contribution in [1.82, 2.24) is 5.32 Å². The Morgan fingerprint density at radius 1 is 1.20 bits per heavy atom. The van der Waals surface area contributed by atoms with Gasteiger partial charge in [0.05, 0.1) is 0 Å². The Labute approximate surface area is 90.7 Å². The Kier molecular flexibility index (Phi) is 3.06. The minimum absolute atomic E-state index is 0.0142. The van der Waals surface area contributed by atoms with Crippen LogP contribution in [0.5, 0.6) is 0 Å². The minimum Gasteiger partial charge on any atom is -0.310 e. The molecule has 0 aliphatic heterocycles. The number of rotatable bonds is 2. The molecule has 1 nitrogen and oxygen atoms in total. The molecule has 0 heterocycles. The van der Waals surface area contributed by atoms with Crippen molar-refractivity contribution in [2.45, 2.75) is 37.6 Å². The third-order valence-corrected chi connectivity index (χ3v) is 3.56. The van der Waals surface area contributed by atoms with E-state index < -0.39 is 0 Å². The lowest BCUT2D eigenvalue weighted by molar-refractivity contribution is 0.249. The van der Waals surface area contributed by atoms with Gasteiger partial charge in [0.2, 0.25) is 0 Å². The van der Waals surface area contributed by atoms with Crippen molar-refractivity contribution in [3.8, 4) is 0 Å². The van der Waals surface area contributed by atoms with E-state index in [1.807, 2.05) is 13.1 Å². The van der Waals surface area contributed by atoms with Crippen LogP contribution in [0.25, 0.3) is 0 Å². The van der Waals surface area contributed by atoms with Crippen molar-refractivity contribution in [2.75, 3.05) is 7.05 Å². The van der Waals surface area contributed by atoms with Gasteiger partial charge < -0.3 is 5.32 Å². The summed E-state index contributed by atoms with van der Waals surface area (Å²) in [4.78, 5) is 0. The maximum atomic E-state index is 13.2. The van der Waals surface area contributed by atoms with Crippen LogP contribution in [0.3, 0.4) is 0 Å². The molecule has 0 radical (unpaired) electrons. The third-order valence-electron chi connectivity index (χ3n) is 3.56. The molecule has 82 valence electrons. The molecule has 0 spiro atoms. The summed E-state index contributed by atoms with van der Waals surface area (Å²) in [5, 5.41) is 3.39. The molecule has 1 aromatic carbocycles. The first-order valence-electron chi connectivity index (χ1n) is 5.72.